The van der Waals surface area contributed by atoms with Gasteiger partial charge in [-0.25, -0.2) is 0 Å². The highest BCUT2D eigenvalue weighted by Gasteiger charge is 2.19. The lowest BCUT2D eigenvalue weighted by Gasteiger charge is -2.21. The number of nitrogens with zero attached hydrogens (tertiary/aromatic N) is 4. The van der Waals surface area contributed by atoms with E-state index in [1.54, 1.807) is 17.6 Å². The molecule has 1 amide bonds. The Morgan fingerprint density at radius 3 is 2.67 bits per heavy atom. The van der Waals surface area contributed by atoms with Crippen molar-refractivity contribution in [1.82, 2.24) is 19.7 Å². The lowest BCUT2D eigenvalue weighted by atomic mass is 10.2. The zero-order chi connectivity index (χ0) is 20.8. The van der Waals surface area contributed by atoms with Crippen LogP contribution in [-0.4, -0.2) is 31.3 Å². The fraction of sp³-hybridized carbons (Fsp3) is 0.227. The Morgan fingerprint density at radius 1 is 1.10 bits per heavy atom. The van der Waals surface area contributed by atoms with E-state index >= 15 is 0 Å². The molecule has 0 fully saturated rings. The number of rotatable bonds is 9. The van der Waals surface area contributed by atoms with E-state index in [0.717, 1.165) is 33.7 Å². The number of aromatic nitrogens is 3. The van der Waals surface area contributed by atoms with E-state index in [-0.39, 0.29) is 5.91 Å². The van der Waals surface area contributed by atoms with Gasteiger partial charge in [-0.1, -0.05) is 48.2 Å². The summed E-state index contributed by atoms with van der Waals surface area (Å²) in [6.45, 7) is 3.80. The second-order valence-electron chi connectivity index (χ2n) is 6.61. The molecule has 3 heterocycles. The van der Waals surface area contributed by atoms with Crippen molar-refractivity contribution >= 4 is 29.0 Å². The quantitative estimate of drug-likeness (QED) is 0.346. The molecule has 0 N–H and O–H groups in total. The first kappa shape index (κ1) is 20.4. The first-order valence-corrected chi connectivity index (χ1v) is 11.5. The molecule has 0 aliphatic carbocycles. The van der Waals surface area contributed by atoms with Crippen LogP contribution in [0.3, 0.4) is 0 Å². The Morgan fingerprint density at radius 2 is 1.97 bits per heavy atom. The second-order valence-corrected chi connectivity index (χ2v) is 8.59. The molecule has 0 radical (unpaired) electrons. The molecule has 0 atom stereocenters. The number of carbonyl (C=O) groups excluding carboxylic acids is 1. The average molecular weight is 439 g/mol. The monoisotopic (exact) mass is 438 g/mol. The first-order chi connectivity index (χ1) is 14.7. The number of carbonyl (C=O) groups is 1. The number of thiophene rings is 1. The van der Waals surface area contributed by atoms with E-state index in [0.29, 0.717) is 18.8 Å². The van der Waals surface area contributed by atoms with Crippen molar-refractivity contribution in [1.29, 1.82) is 0 Å². The number of hydrogen-bond donors (Lipinski definition) is 0. The van der Waals surface area contributed by atoms with Crippen LogP contribution in [0.2, 0.25) is 0 Å². The third-order valence-electron chi connectivity index (χ3n) is 4.60. The van der Waals surface area contributed by atoms with Crippen molar-refractivity contribution in [2.24, 2.45) is 0 Å². The highest BCUT2D eigenvalue weighted by atomic mass is 32.2. The highest BCUT2D eigenvalue weighted by Crippen LogP contribution is 2.25. The van der Waals surface area contributed by atoms with Crippen molar-refractivity contribution in [2.45, 2.75) is 31.7 Å². The van der Waals surface area contributed by atoms with Gasteiger partial charge in [-0.05, 0) is 30.5 Å². The third kappa shape index (κ3) is 4.83. The molecular weight excluding hydrogens is 416 g/mol. The summed E-state index contributed by atoms with van der Waals surface area (Å²) in [5.41, 5.74) is 1.02. The van der Waals surface area contributed by atoms with Crippen LogP contribution >= 0.6 is 23.1 Å². The lowest BCUT2D eigenvalue weighted by Crippen LogP contribution is -2.31. The van der Waals surface area contributed by atoms with Gasteiger partial charge in [-0.3, -0.25) is 4.79 Å². The van der Waals surface area contributed by atoms with Crippen LogP contribution in [0.1, 0.15) is 17.6 Å². The predicted octanol–water partition coefficient (Wildman–Crippen LogP) is 4.94. The average Bonchev–Trinajstić information content (AvgIpc) is 3.54. The Hall–Kier alpha value is -2.84. The molecule has 3 aromatic heterocycles. The minimum atomic E-state index is 0.0386. The Bertz CT molecular complexity index is 1020. The molecule has 0 aliphatic heterocycles. The van der Waals surface area contributed by atoms with Gasteiger partial charge >= 0.3 is 0 Å². The number of hydrogen-bond acceptors (Lipinski definition) is 6. The van der Waals surface area contributed by atoms with E-state index in [9.17, 15) is 4.79 Å². The van der Waals surface area contributed by atoms with E-state index < -0.39 is 0 Å². The molecular formula is C22H22N4O2S2. The lowest BCUT2D eigenvalue weighted by molar-refractivity contribution is -0.129. The van der Waals surface area contributed by atoms with E-state index in [4.69, 9.17) is 4.42 Å². The van der Waals surface area contributed by atoms with E-state index in [1.165, 1.54) is 11.8 Å². The molecule has 154 valence electrons. The summed E-state index contributed by atoms with van der Waals surface area (Å²) >= 11 is 3.06. The topological polar surface area (TPSA) is 64.2 Å². The van der Waals surface area contributed by atoms with Crippen molar-refractivity contribution < 1.29 is 9.21 Å². The molecule has 1 aromatic carbocycles. The van der Waals surface area contributed by atoms with Crippen molar-refractivity contribution in [3.63, 3.8) is 0 Å². The summed E-state index contributed by atoms with van der Waals surface area (Å²) in [4.78, 5) is 16.0. The molecule has 6 nitrogen and oxygen atoms in total. The predicted molar refractivity (Wildman–Crippen MR) is 119 cm³/mol. The van der Waals surface area contributed by atoms with Crippen molar-refractivity contribution in [3.05, 3.63) is 76.9 Å². The molecule has 30 heavy (non-hydrogen) atoms. The number of amides is 1. The zero-order valence-electron chi connectivity index (χ0n) is 16.6. The van der Waals surface area contributed by atoms with Crippen LogP contribution in [0, 0.1) is 0 Å². The van der Waals surface area contributed by atoms with Gasteiger partial charge in [0.2, 0.25) is 5.91 Å². The number of furan rings is 1. The molecule has 0 saturated carbocycles. The molecule has 4 rings (SSSR count). The summed E-state index contributed by atoms with van der Waals surface area (Å²) in [5.74, 6) is 1.92. The fourth-order valence-corrected chi connectivity index (χ4v) is 4.74. The van der Waals surface area contributed by atoms with E-state index in [1.807, 2.05) is 69.4 Å². The standard InChI is InChI=1S/C22H22N4O2S2/c1-2-26-21(17-8-4-3-5-9-17)23-24-22(26)30-16-20(27)25(14-18-10-6-12-28-18)15-19-11-7-13-29-19/h3-13H,2,14-16H2,1H3. The van der Waals surface area contributed by atoms with Gasteiger partial charge in [0, 0.05) is 17.0 Å². The maximum absolute atomic E-state index is 13.1. The maximum Gasteiger partial charge on any atom is 0.233 e. The van der Waals surface area contributed by atoms with Gasteiger partial charge in [-0.2, -0.15) is 0 Å². The van der Waals surface area contributed by atoms with Gasteiger partial charge in [0.25, 0.3) is 0 Å². The summed E-state index contributed by atoms with van der Waals surface area (Å²) < 4.78 is 7.51. The van der Waals surface area contributed by atoms with Crippen molar-refractivity contribution in [2.75, 3.05) is 5.75 Å². The van der Waals surface area contributed by atoms with Crippen LogP contribution in [0.25, 0.3) is 11.4 Å². The van der Waals surface area contributed by atoms with Crippen LogP contribution in [-0.2, 0) is 24.4 Å². The maximum atomic E-state index is 13.1. The van der Waals surface area contributed by atoms with E-state index in [2.05, 4.69) is 17.1 Å². The molecule has 0 bridgehead atoms. The molecule has 0 aliphatic rings. The Labute approximate surface area is 183 Å². The zero-order valence-corrected chi connectivity index (χ0v) is 18.2. The summed E-state index contributed by atoms with van der Waals surface area (Å²) in [6.07, 6.45) is 1.63. The highest BCUT2D eigenvalue weighted by molar-refractivity contribution is 7.99. The van der Waals surface area contributed by atoms with Crippen LogP contribution in [0.5, 0.6) is 0 Å². The van der Waals surface area contributed by atoms with Gasteiger partial charge in [0.1, 0.15) is 5.76 Å². The van der Waals surface area contributed by atoms with Crippen LogP contribution in [0.4, 0.5) is 0 Å². The van der Waals surface area contributed by atoms with Gasteiger partial charge < -0.3 is 13.9 Å². The molecule has 4 aromatic rings. The summed E-state index contributed by atoms with van der Waals surface area (Å²) in [6, 6.07) is 17.7. The Kier molecular flexibility index (Phi) is 6.66. The van der Waals surface area contributed by atoms with Crippen LogP contribution < -0.4 is 0 Å². The molecule has 8 heteroatoms. The van der Waals surface area contributed by atoms with Gasteiger partial charge in [-0.15, -0.1) is 21.5 Å². The first-order valence-electron chi connectivity index (χ1n) is 9.68. The fourth-order valence-electron chi connectivity index (χ4n) is 3.11. The van der Waals surface area contributed by atoms with Gasteiger partial charge in [0.15, 0.2) is 11.0 Å². The summed E-state index contributed by atoms with van der Waals surface area (Å²) in [7, 11) is 0. The molecule has 0 unspecified atom stereocenters. The molecule has 0 spiro atoms. The number of thioether (sulfide) groups is 1. The Balaban J connectivity index is 1.47. The van der Waals surface area contributed by atoms with Crippen molar-refractivity contribution in [3.8, 4) is 11.4 Å². The van der Waals surface area contributed by atoms with Crippen LogP contribution in [0.15, 0.2) is 75.8 Å². The largest absolute Gasteiger partial charge is 0.467 e. The smallest absolute Gasteiger partial charge is 0.233 e. The minimum absolute atomic E-state index is 0.0386. The molecule has 0 saturated heterocycles. The number of benzene rings is 1. The summed E-state index contributed by atoms with van der Waals surface area (Å²) in [5, 5.41) is 11.5. The van der Waals surface area contributed by atoms with Gasteiger partial charge in [0.05, 0.1) is 25.1 Å². The normalized spacial score (nSPS) is 11.0. The third-order valence-corrected chi connectivity index (χ3v) is 6.41. The minimum Gasteiger partial charge on any atom is -0.467 e. The SMILES string of the molecule is CCn1c(SCC(=O)N(Cc2ccco2)Cc2cccs2)nnc1-c1ccccc1. The second kappa shape index (κ2) is 9.77.